The fourth-order valence-electron chi connectivity index (χ4n) is 4.23. The number of rotatable bonds is 5. The van der Waals surface area contributed by atoms with E-state index in [-0.39, 0.29) is 29.9 Å². The van der Waals surface area contributed by atoms with Gasteiger partial charge in [0.15, 0.2) is 5.78 Å². The van der Waals surface area contributed by atoms with Crippen LogP contribution in [0.25, 0.3) is 0 Å². The quantitative estimate of drug-likeness (QED) is 0.729. The van der Waals surface area contributed by atoms with Crippen LogP contribution in [0, 0.1) is 0 Å². The third-order valence-corrected chi connectivity index (χ3v) is 6.00. The monoisotopic (exact) mass is 435 g/mol. The van der Waals surface area contributed by atoms with E-state index in [1.54, 1.807) is 55.5 Å². The van der Waals surface area contributed by atoms with Gasteiger partial charge in [0.25, 0.3) is 5.91 Å². The first-order valence-corrected chi connectivity index (χ1v) is 10.5. The van der Waals surface area contributed by atoms with Crippen LogP contribution in [0.2, 0.25) is 0 Å². The number of hydrogen-bond donors (Lipinski definition) is 1. The standard InChI is InChI=1S/C24H25N3O5/c1-26(24(31)25-16-6-9-18(32-2)10-7-16)13-15-4-3-5-19-20(15)14-27(23(19)30)21-11-8-17(28)12-22(21)29/h3-7,9-10,21H,8,11-14H2,1-2H3,(H,25,31). The number of urea groups is 1. The van der Waals surface area contributed by atoms with E-state index in [4.69, 9.17) is 4.74 Å². The summed E-state index contributed by atoms with van der Waals surface area (Å²) in [5.41, 5.74) is 2.88. The summed E-state index contributed by atoms with van der Waals surface area (Å²) >= 11 is 0. The summed E-state index contributed by atoms with van der Waals surface area (Å²) in [6, 6.07) is 11.6. The van der Waals surface area contributed by atoms with Crippen LogP contribution < -0.4 is 10.1 Å². The number of hydrogen-bond acceptors (Lipinski definition) is 5. The summed E-state index contributed by atoms with van der Waals surface area (Å²) in [4.78, 5) is 52.7. The molecule has 0 radical (unpaired) electrons. The van der Waals surface area contributed by atoms with E-state index in [1.807, 2.05) is 6.07 Å². The summed E-state index contributed by atoms with van der Waals surface area (Å²) in [5, 5.41) is 2.84. The van der Waals surface area contributed by atoms with E-state index in [0.717, 1.165) is 11.1 Å². The third kappa shape index (κ3) is 4.21. The van der Waals surface area contributed by atoms with Crippen LogP contribution in [0.3, 0.4) is 0 Å². The molecule has 8 nitrogen and oxygen atoms in total. The Kier molecular flexibility index (Phi) is 5.94. The SMILES string of the molecule is COc1ccc(NC(=O)N(C)Cc2cccc3c2CN(C2CCC(=O)CC2=O)C3=O)cc1. The highest BCUT2D eigenvalue weighted by Crippen LogP contribution is 2.31. The van der Waals surface area contributed by atoms with Crippen molar-refractivity contribution in [3.8, 4) is 5.75 Å². The largest absolute Gasteiger partial charge is 0.497 e. The predicted octanol–water partition coefficient (Wildman–Crippen LogP) is 3.01. The molecule has 0 spiro atoms. The van der Waals surface area contributed by atoms with E-state index in [9.17, 15) is 19.2 Å². The summed E-state index contributed by atoms with van der Waals surface area (Å²) in [7, 11) is 3.26. The molecule has 32 heavy (non-hydrogen) atoms. The van der Waals surface area contributed by atoms with Crippen LogP contribution in [0.4, 0.5) is 10.5 Å². The number of fused-ring (bicyclic) bond motifs is 1. The van der Waals surface area contributed by atoms with Crippen molar-refractivity contribution in [1.82, 2.24) is 9.80 Å². The maximum Gasteiger partial charge on any atom is 0.321 e. The highest BCUT2D eigenvalue weighted by molar-refractivity contribution is 6.07. The average molecular weight is 435 g/mol. The number of ether oxygens (including phenoxy) is 1. The lowest BCUT2D eigenvalue weighted by atomic mass is 9.92. The van der Waals surface area contributed by atoms with Crippen molar-refractivity contribution in [3.63, 3.8) is 0 Å². The molecule has 1 heterocycles. The minimum Gasteiger partial charge on any atom is -0.497 e. The number of methoxy groups -OCH3 is 1. The van der Waals surface area contributed by atoms with E-state index in [2.05, 4.69) is 5.32 Å². The van der Waals surface area contributed by atoms with Crippen molar-refractivity contribution < 1.29 is 23.9 Å². The maximum absolute atomic E-state index is 13.0. The number of anilines is 1. The molecule has 2 aromatic carbocycles. The van der Waals surface area contributed by atoms with E-state index in [0.29, 0.717) is 42.9 Å². The zero-order valence-electron chi connectivity index (χ0n) is 18.1. The van der Waals surface area contributed by atoms with Gasteiger partial charge in [0.05, 0.1) is 19.6 Å². The van der Waals surface area contributed by atoms with Gasteiger partial charge in [-0.2, -0.15) is 0 Å². The molecule has 166 valence electrons. The van der Waals surface area contributed by atoms with Crippen molar-refractivity contribution in [2.24, 2.45) is 0 Å². The Labute approximate surface area is 186 Å². The first-order valence-electron chi connectivity index (χ1n) is 10.5. The molecular weight excluding hydrogens is 410 g/mol. The Morgan fingerprint density at radius 2 is 1.91 bits per heavy atom. The number of nitrogens with one attached hydrogen (secondary N) is 1. The first kappa shape index (κ1) is 21.5. The minimum atomic E-state index is -0.559. The molecule has 1 fully saturated rings. The van der Waals surface area contributed by atoms with Crippen LogP contribution >= 0.6 is 0 Å². The first-order chi connectivity index (χ1) is 15.4. The third-order valence-electron chi connectivity index (χ3n) is 6.00. The van der Waals surface area contributed by atoms with Gasteiger partial charge in [0.1, 0.15) is 11.5 Å². The predicted molar refractivity (Wildman–Crippen MR) is 117 cm³/mol. The summed E-state index contributed by atoms with van der Waals surface area (Å²) in [6.45, 7) is 0.617. The lowest BCUT2D eigenvalue weighted by Crippen LogP contribution is -2.44. The molecule has 2 aromatic rings. The molecule has 0 bridgehead atoms. The maximum atomic E-state index is 13.0. The number of carbonyl (C=O) groups is 4. The molecule has 1 unspecified atom stereocenters. The molecule has 1 atom stereocenters. The normalized spacial score (nSPS) is 17.9. The van der Waals surface area contributed by atoms with Gasteiger partial charge < -0.3 is 19.9 Å². The van der Waals surface area contributed by atoms with Crippen molar-refractivity contribution in [3.05, 3.63) is 59.2 Å². The van der Waals surface area contributed by atoms with Gasteiger partial charge in [-0.1, -0.05) is 12.1 Å². The second-order valence-electron chi connectivity index (χ2n) is 8.13. The average Bonchev–Trinajstić information content (AvgIpc) is 3.11. The van der Waals surface area contributed by atoms with Crippen molar-refractivity contribution in [1.29, 1.82) is 0 Å². The molecule has 8 heteroatoms. The van der Waals surface area contributed by atoms with E-state index < -0.39 is 6.04 Å². The van der Waals surface area contributed by atoms with Crippen LogP contribution in [0.5, 0.6) is 5.75 Å². The minimum absolute atomic E-state index is 0.0689. The topological polar surface area (TPSA) is 96.0 Å². The number of benzene rings is 2. The molecular formula is C24H25N3O5. The lowest BCUT2D eigenvalue weighted by Gasteiger charge is -2.29. The molecule has 1 N–H and O–H groups in total. The smallest absolute Gasteiger partial charge is 0.321 e. The Balaban J connectivity index is 1.46. The number of carbonyl (C=O) groups excluding carboxylic acids is 4. The molecule has 4 rings (SSSR count). The summed E-state index contributed by atoms with van der Waals surface area (Å²) in [6.07, 6.45) is 0.584. The zero-order valence-corrected chi connectivity index (χ0v) is 18.1. The van der Waals surface area contributed by atoms with Crippen LogP contribution in [-0.2, 0) is 22.7 Å². The van der Waals surface area contributed by atoms with Crippen molar-refractivity contribution in [2.75, 3.05) is 19.5 Å². The summed E-state index contributed by atoms with van der Waals surface area (Å²) < 4.78 is 5.12. The van der Waals surface area contributed by atoms with Gasteiger partial charge in [-0.05, 0) is 47.9 Å². The van der Waals surface area contributed by atoms with E-state index >= 15 is 0 Å². The van der Waals surface area contributed by atoms with Gasteiger partial charge in [-0.3, -0.25) is 14.4 Å². The van der Waals surface area contributed by atoms with Gasteiger partial charge in [0, 0.05) is 37.8 Å². The summed E-state index contributed by atoms with van der Waals surface area (Å²) in [5.74, 6) is 0.242. The Bertz CT molecular complexity index is 1080. The Morgan fingerprint density at radius 1 is 1.16 bits per heavy atom. The van der Waals surface area contributed by atoms with Gasteiger partial charge in [-0.25, -0.2) is 4.79 Å². The number of ketones is 2. The number of Topliss-reactive ketones (excluding diaryl/α,β-unsaturated/α-hetero) is 2. The van der Waals surface area contributed by atoms with E-state index in [1.165, 1.54) is 4.90 Å². The highest BCUT2D eigenvalue weighted by Gasteiger charge is 2.39. The van der Waals surface area contributed by atoms with Gasteiger partial charge in [0.2, 0.25) is 0 Å². The highest BCUT2D eigenvalue weighted by atomic mass is 16.5. The molecule has 0 saturated heterocycles. The van der Waals surface area contributed by atoms with Gasteiger partial charge in [-0.15, -0.1) is 0 Å². The van der Waals surface area contributed by atoms with Crippen molar-refractivity contribution >= 4 is 29.2 Å². The van der Waals surface area contributed by atoms with Crippen LogP contribution in [-0.4, -0.2) is 53.5 Å². The number of amides is 3. The molecule has 2 aliphatic rings. The molecule has 3 amide bonds. The fourth-order valence-corrected chi connectivity index (χ4v) is 4.23. The Morgan fingerprint density at radius 3 is 2.59 bits per heavy atom. The van der Waals surface area contributed by atoms with Crippen LogP contribution in [0.15, 0.2) is 42.5 Å². The second kappa shape index (κ2) is 8.82. The lowest BCUT2D eigenvalue weighted by molar-refractivity contribution is -0.133. The van der Waals surface area contributed by atoms with Crippen LogP contribution in [0.1, 0.15) is 40.7 Å². The Hall–Kier alpha value is -3.68. The molecule has 1 saturated carbocycles. The van der Waals surface area contributed by atoms with Crippen molar-refractivity contribution in [2.45, 2.75) is 38.4 Å². The molecule has 0 aromatic heterocycles. The van der Waals surface area contributed by atoms with Gasteiger partial charge >= 0.3 is 6.03 Å². The zero-order chi connectivity index (χ0) is 22.8. The fraction of sp³-hybridized carbons (Fsp3) is 0.333. The number of nitrogens with zero attached hydrogens (tertiary/aromatic N) is 2. The molecule has 1 aliphatic carbocycles. The second-order valence-corrected chi connectivity index (χ2v) is 8.13. The molecule has 1 aliphatic heterocycles.